The van der Waals surface area contributed by atoms with Crippen LogP contribution < -0.4 is 5.32 Å². The molecule has 1 saturated heterocycles. The highest BCUT2D eigenvalue weighted by atomic mass is 16.7. The Morgan fingerprint density at radius 2 is 0.875 bits per heavy atom. The molecule has 1 aliphatic heterocycles. The van der Waals surface area contributed by atoms with Crippen LogP contribution in [0.2, 0.25) is 0 Å². The monoisotopic (exact) mass is 1020 g/mol. The molecule has 0 aliphatic carbocycles. The highest BCUT2D eigenvalue weighted by Crippen LogP contribution is 2.23. The van der Waals surface area contributed by atoms with Crippen LogP contribution in [0.25, 0.3) is 0 Å². The Balaban J connectivity index is 2.30. The Morgan fingerprint density at radius 1 is 0.486 bits per heavy atom. The molecule has 1 amide bonds. The predicted molar refractivity (Wildman–Crippen MR) is 298 cm³/mol. The molecule has 9 atom stereocenters. The number of aliphatic hydroxyl groups excluding tert-OH is 7. The molecule has 8 N–H and O–H groups in total. The van der Waals surface area contributed by atoms with Gasteiger partial charge in [-0.1, -0.05) is 229 Å². The molecule has 72 heavy (non-hydrogen) atoms. The summed E-state index contributed by atoms with van der Waals surface area (Å²) in [7, 11) is 0. The zero-order valence-electron chi connectivity index (χ0n) is 46.2. The molecule has 0 aromatic heterocycles. The van der Waals surface area contributed by atoms with Gasteiger partial charge in [0.05, 0.1) is 25.4 Å². The lowest BCUT2D eigenvalue weighted by atomic mass is 9.98. The van der Waals surface area contributed by atoms with Crippen molar-refractivity contribution in [1.29, 1.82) is 0 Å². The van der Waals surface area contributed by atoms with Gasteiger partial charge in [0.2, 0.25) is 5.91 Å². The maximum absolute atomic E-state index is 13.2. The van der Waals surface area contributed by atoms with Crippen molar-refractivity contribution in [2.45, 2.75) is 319 Å². The van der Waals surface area contributed by atoms with Gasteiger partial charge in [0.25, 0.3) is 0 Å². The van der Waals surface area contributed by atoms with Gasteiger partial charge in [0, 0.05) is 0 Å². The Bertz CT molecular complexity index is 1310. The van der Waals surface area contributed by atoms with Crippen molar-refractivity contribution < 1.29 is 50.0 Å². The summed E-state index contributed by atoms with van der Waals surface area (Å²) in [4.78, 5) is 13.2. The standard InChI is InChI=1S/C61H113NO10/c1-3-5-7-9-11-13-15-17-19-21-22-23-24-25-26-27-28-29-30-31-32-33-35-36-38-40-42-44-46-48-53(64)56(66)52(51-71-61-59(69)58(68)57(67)55(50-63)72-61)62-60(70)54(65)49-47-45-43-41-39-37-34-20-18-16-14-12-10-8-6-4-2/h12,14,18,20,33,35,40,42,52-59,61,63-69H,3-11,13,15-17,19,21-32,34,36-39,41,43-51H2,1-2H3,(H,62,70)/b14-12-,20-18-,35-33+,42-40+. The first-order chi connectivity index (χ1) is 35.2. The van der Waals surface area contributed by atoms with Gasteiger partial charge in [-0.3, -0.25) is 4.79 Å². The van der Waals surface area contributed by atoms with Gasteiger partial charge in [-0.2, -0.15) is 0 Å². The zero-order chi connectivity index (χ0) is 52.5. The average molecular weight is 1020 g/mol. The summed E-state index contributed by atoms with van der Waals surface area (Å²) in [6.07, 6.45) is 51.8. The number of ether oxygens (including phenoxy) is 2. The molecule has 0 aromatic carbocycles. The van der Waals surface area contributed by atoms with Crippen molar-refractivity contribution in [3.05, 3.63) is 48.6 Å². The number of hydrogen-bond donors (Lipinski definition) is 8. The first-order valence-electron chi connectivity index (χ1n) is 30.0. The van der Waals surface area contributed by atoms with E-state index in [-0.39, 0.29) is 12.8 Å². The van der Waals surface area contributed by atoms with Crippen LogP contribution in [0.3, 0.4) is 0 Å². The normalized spacial score (nSPS) is 20.4. The molecule has 422 valence electrons. The summed E-state index contributed by atoms with van der Waals surface area (Å²) in [5.41, 5.74) is 0. The summed E-state index contributed by atoms with van der Waals surface area (Å²) in [6, 6.07) is -1.20. The second-order valence-electron chi connectivity index (χ2n) is 21.0. The van der Waals surface area contributed by atoms with E-state index in [0.717, 1.165) is 70.6 Å². The molecule has 11 heteroatoms. The molecule has 0 bridgehead atoms. The minimum atomic E-state index is -1.67. The van der Waals surface area contributed by atoms with Gasteiger partial charge in [0.1, 0.15) is 36.6 Å². The number of allylic oxidation sites excluding steroid dienone is 8. The van der Waals surface area contributed by atoms with E-state index < -0.39 is 74.2 Å². The number of amides is 1. The van der Waals surface area contributed by atoms with Crippen LogP contribution in [-0.2, 0) is 14.3 Å². The third-order valence-electron chi connectivity index (χ3n) is 14.3. The number of carbonyl (C=O) groups excluding carboxylic acids is 1. The van der Waals surface area contributed by atoms with Crippen LogP contribution in [-0.4, -0.2) is 110 Å². The van der Waals surface area contributed by atoms with Crippen molar-refractivity contribution in [3.8, 4) is 0 Å². The third-order valence-corrected chi connectivity index (χ3v) is 14.3. The van der Waals surface area contributed by atoms with Crippen LogP contribution in [0.1, 0.15) is 264 Å². The predicted octanol–water partition coefficient (Wildman–Crippen LogP) is 12.8. The number of rotatable bonds is 51. The van der Waals surface area contributed by atoms with Gasteiger partial charge in [-0.15, -0.1) is 0 Å². The van der Waals surface area contributed by atoms with E-state index in [1.807, 2.05) is 0 Å². The molecule has 1 heterocycles. The van der Waals surface area contributed by atoms with E-state index >= 15 is 0 Å². The first-order valence-corrected chi connectivity index (χ1v) is 30.0. The minimum Gasteiger partial charge on any atom is -0.394 e. The number of hydrogen-bond acceptors (Lipinski definition) is 10. The van der Waals surface area contributed by atoms with Crippen LogP contribution in [0.5, 0.6) is 0 Å². The molecule has 1 aliphatic rings. The maximum atomic E-state index is 13.2. The Kier molecular flexibility index (Phi) is 47.2. The first kappa shape index (κ1) is 68.1. The zero-order valence-corrected chi connectivity index (χ0v) is 46.2. The fourth-order valence-corrected chi connectivity index (χ4v) is 9.43. The smallest absolute Gasteiger partial charge is 0.249 e. The second kappa shape index (κ2) is 49.9. The van der Waals surface area contributed by atoms with Gasteiger partial charge >= 0.3 is 0 Å². The van der Waals surface area contributed by atoms with E-state index in [2.05, 4.69) is 67.8 Å². The van der Waals surface area contributed by atoms with Crippen molar-refractivity contribution in [1.82, 2.24) is 5.32 Å². The summed E-state index contributed by atoms with van der Waals surface area (Å²) in [5.74, 6) is -0.719. The van der Waals surface area contributed by atoms with Crippen LogP contribution in [0.15, 0.2) is 48.6 Å². The van der Waals surface area contributed by atoms with Crippen molar-refractivity contribution >= 4 is 5.91 Å². The lowest BCUT2D eigenvalue weighted by molar-refractivity contribution is -0.303. The molecule has 0 radical (unpaired) electrons. The molecule has 0 saturated carbocycles. The number of unbranched alkanes of at least 4 members (excludes halogenated alkanes) is 31. The molecule has 1 fully saturated rings. The van der Waals surface area contributed by atoms with Crippen molar-refractivity contribution in [3.63, 3.8) is 0 Å². The molecule has 0 aromatic rings. The fourth-order valence-electron chi connectivity index (χ4n) is 9.43. The van der Waals surface area contributed by atoms with E-state index in [1.165, 1.54) is 148 Å². The molecule has 1 rings (SSSR count). The maximum Gasteiger partial charge on any atom is 0.249 e. The Labute approximate surface area is 440 Å². The largest absolute Gasteiger partial charge is 0.394 e. The second-order valence-corrected chi connectivity index (χ2v) is 21.0. The quantitative estimate of drug-likeness (QED) is 0.0215. The van der Waals surface area contributed by atoms with Crippen LogP contribution in [0.4, 0.5) is 0 Å². The average Bonchev–Trinajstić information content (AvgIpc) is 3.38. The van der Waals surface area contributed by atoms with Gasteiger partial charge in [-0.25, -0.2) is 0 Å². The molecule has 9 unspecified atom stereocenters. The van der Waals surface area contributed by atoms with Gasteiger partial charge in [-0.05, 0) is 83.5 Å². The Hall–Kier alpha value is -1.93. The number of nitrogens with one attached hydrogen (secondary N) is 1. The molecule has 0 spiro atoms. The lowest BCUT2D eigenvalue weighted by Crippen LogP contribution is -2.60. The molecular weight excluding hydrogens is 907 g/mol. The highest BCUT2D eigenvalue weighted by molar-refractivity contribution is 5.80. The summed E-state index contributed by atoms with van der Waals surface area (Å²) in [6.45, 7) is 3.42. The molecule has 11 nitrogen and oxygen atoms in total. The lowest BCUT2D eigenvalue weighted by Gasteiger charge is -2.40. The topological polar surface area (TPSA) is 189 Å². The summed E-state index contributed by atoms with van der Waals surface area (Å²) in [5, 5.41) is 76.1. The minimum absolute atomic E-state index is 0.237. The summed E-state index contributed by atoms with van der Waals surface area (Å²) >= 11 is 0. The summed E-state index contributed by atoms with van der Waals surface area (Å²) < 4.78 is 11.1. The number of carbonyl (C=O) groups is 1. The van der Waals surface area contributed by atoms with Gasteiger partial charge in [0.15, 0.2) is 6.29 Å². The third kappa shape index (κ3) is 37.7. The van der Waals surface area contributed by atoms with E-state index in [0.29, 0.717) is 19.3 Å². The van der Waals surface area contributed by atoms with Crippen LogP contribution >= 0.6 is 0 Å². The number of aliphatic hydroxyl groups is 7. The van der Waals surface area contributed by atoms with E-state index in [9.17, 15) is 40.5 Å². The van der Waals surface area contributed by atoms with Crippen molar-refractivity contribution in [2.75, 3.05) is 13.2 Å². The van der Waals surface area contributed by atoms with E-state index in [4.69, 9.17) is 9.47 Å². The SMILES string of the molecule is CCCCC/C=C\C/C=C\CCCCCCCCC(O)C(=O)NC(COC1OC(CO)C(O)C(O)C1O)C(O)C(O)CCC/C=C/CC/C=C/CCCCCCCCCCCCCCCCCCCCCC. The fraction of sp³-hybridized carbons (Fsp3) is 0.852. The van der Waals surface area contributed by atoms with Gasteiger partial charge < -0.3 is 50.5 Å². The Morgan fingerprint density at radius 3 is 1.35 bits per heavy atom. The van der Waals surface area contributed by atoms with Crippen molar-refractivity contribution in [2.24, 2.45) is 0 Å². The highest BCUT2D eigenvalue weighted by Gasteiger charge is 2.44. The molecular formula is C61H113NO10. The van der Waals surface area contributed by atoms with Crippen LogP contribution in [0, 0.1) is 0 Å². The van der Waals surface area contributed by atoms with E-state index in [1.54, 1.807) is 0 Å².